The summed E-state index contributed by atoms with van der Waals surface area (Å²) in [5.41, 5.74) is -1.95. The van der Waals surface area contributed by atoms with Crippen LogP contribution in [0.2, 0.25) is 0 Å². The second-order valence-corrected chi connectivity index (χ2v) is 12.7. The van der Waals surface area contributed by atoms with E-state index < -0.39 is 35.0 Å². The van der Waals surface area contributed by atoms with Gasteiger partial charge in [0.15, 0.2) is 0 Å². The Morgan fingerprint density at radius 2 is 1.70 bits per heavy atom. The van der Waals surface area contributed by atoms with E-state index in [0.717, 1.165) is 31.0 Å². The molecular formula is C32H40F3N3O5. The number of rotatable bonds is 10. The van der Waals surface area contributed by atoms with Gasteiger partial charge in [-0.3, -0.25) is 4.99 Å². The molecule has 1 unspecified atom stereocenters. The van der Waals surface area contributed by atoms with Gasteiger partial charge in [0, 0.05) is 49.1 Å². The highest BCUT2D eigenvalue weighted by molar-refractivity contribution is 6.02. The molecular weight excluding hydrogens is 563 g/mol. The molecule has 1 fully saturated rings. The van der Waals surface area contributed by atoms with E-state index in [2.05, 4.69) is 23.8 Å². The van der Waals surface area contributed by atoms with Gasteiger partial charge in [-0.2, -0.15) is 0 Å². The first-order valence-corrected chi connectivity index (χ1v) is 14.4. The van der Waals surface area contributed by atoms with Crippen molar-refractivity contribution in [2.45, 2.75) is 71.8 Å². The number of carboxylic acids is 1. The van der Waals surface area contributed by atoms with Crippen molar-refractivity contribution in [2.75, 3.05) is 32.8 Å². The highest BCUT2D eigenvalue weighted by Gasteiger charge is 2.56. The second kappa shape index (κ2) is 12.6. The third kappa shape index (κ3) is 7.68. The minimum atomic E-state index is -2.52. The lowest BCUT2D eigenvalue weighted by atomic mass is 9.78. The number of nitrogens with zero attached hydrogens (tertiary/aromatic N) is 3. The van der Waals surface area contributed by atoms with E-state index in [1.165, 1.54) is 6.92 Å². The Kier molecular flexibility index (Phi) is 9.44. The summed E-state index contributed by atoms with van der Waals surface area (Å²) in [4.78, 5) is 23.3. The van der Waals surface area contributed by atoms with Crippen LogP contribution in [0.1, 0.15) is 59.9 Å². The number of aliphatic carboxylic acids is 1. The van der Waals surface area contributed by atoms with Crippen LogP contribution in [0.25, 0.3) is 5.57 Å². The minimum Gasteiger partial charge on any atom is -0.490 e. The summed E-state index contributed by atoms with van der Waals surface area (Å²) in [5.74, 6) is -2.58. The third-order valence-corrected chi connectivity index (χ3v) is 7.64. The fourth-order valence-corrected chi connectivity index (χ4v) is 5.29. The molecule has 4 rings (SSSR count). The number of pyridine rings is 1. The summed E-state index contributed by atoms with van der Waals surface area (Å²) in [7, 11) is 0. The quantitative estimate of drug-likeness (QED) is 0.328. The van der Waals surface area contributed by atoms with Crippen LogP contribution in [0.3, 0.4) is 0 Å². The fraction of sp³-hybridized carbons (Fsp3) is 0.531. The van der Waals surface area contributed by atoms with Crippen LogP contribution in [0, 0.1) is 17.0 Å². The minimum absolute atomic E-state index is 0.0235. The zero-order valence-electron chi connectivity index (χ0n) is 25.5. The number of alkyl halides is 1. The molecule has 0 saturated carbocycles. The summed E-state index contributed by atoms with van der Waals surface area (Å²) in [6, 6.07) is 6.25. The largest absolute Gasteiger partial charge is 0.490 e. The van der Waals surface area contributed by atoms with Gasteiger partial charge in [-0.05, 0) is 57.6 Å². The highest BCUT2D eigenvalue weighted by Crippen LogP contribution is 2.44. The van der Waals surface area contributed by atoms with Gasteiger partial charge < -0.3 is 24.2 Å². The monoisotopic (exact) mass is 603 g/mol. The van der Waals surface area contributed by atoms with Gasteiger partial charge in [0.2, 0.25) is 17.7 Å². The molecule has 2 aliphatic heterocycles. The molecule has 11 heteroatoms. The number of aliphatic imine (C=N–C) groups is 1. The smallest absolute Gasteiger partial charge is 0.337 e. The van der Waals surface area contributed by atoms with E-state index in [1.807, 2.05) is 4.90 Å². The number of hydrogen-bond acceptors (Lipinski definition) is 7. The lowest BCUT2D eigenvalue weighted by Crippen LogP contribution is -2.59. The van der Waals surface area contributed by atoms with Crippen LogP contribution in [0.15, 0.2) is 47.2 Å². The molecule has 0 aliphatic carbocycles. The van der Waals surface area contributed by atoms with Crippen LogP contribution in [0.5, 0.6) is 11.6 Å². The van der Waals surface area contributed by atoms with Crippen molar-refractivity contribution in [1.82, 2.24) is 9.88 Å². The van der Waals surface area contributed by atoms with Gasteiger partial charge in [-0.25, -0.2) is 22.9 Å². The van der Waals surface area contributed by atoms with Crippen LogP contribution < -0.4 is 9.47 Å². The van der Waals surface area contributed by atoms with Gasteiger partial charge in [0.1, 0.15) is 30.6 Å². The standard InChI is InChI=1S/C32H40F3N3O5/c1-20-32(35,28(29(39)40)43-30(2,3)4)27(38-11-9-31(5,6)10-12-38)25(19-36-20)21-7-8-26(37-18-21)42-14-13-41-24-16-22(33)15-23(34)17-24/h7-8,15-18,28H,9-14,19H2,1-6H3,(H,39,40)/t28-,32?/m0/s1. The molecule has 2 atom stereocenters. The number of benzene rings is 1. The maximum absolute atomic E-state index is 17.6. The average molecular weight is 604 g/mol. The highest BCUT2D eigenvalue weighted by atomic mass is 19.1. The molecule has 8 nitrogen and oxygen atoms in total. The van der Waals surface area contributed by atoms with Crippen molar-refractivity contribution >= 4 is 17.3 Å². The van der Waals surface area contributed by atoms with E-state index in [1.54, 1.807) is 39.1 Å². The maximum atomic E-state index is 17.6. The summed E-state index contributed by atoms with van der Waals surface area (Å²) in [6.45, 7) is 12.3. The molecule has 0 radical (unpaired) electrons. The molecule has 234 valence electrons. The Morgan fingerprint density at radius 1 is 1.07 bits per heavy atom. The first kappa shape index (κ1) is 32.3. The Balaban J connectivity index is 1.62. The summed E-state index contributed by atoms with van der Waals surface area (Å²) in [5, 5.41) is 10.2. The van der Waals surface area contributed by atoms with Crippen LogP contribution in [-0.4, -0.2) is 76.9 Å². The number of likely N-dealkylation sites (tertiary alicyclic amines) is 1. The first-order chi connectivity index (χ1) is 20.1. The average Bonchev–Trinajstić information content (AvgIpc) is 2.91. The van der Waals surface area contributed by atoms with E-state index >= 15 is 4.39 Å². The number of aromatic nitrogens is 1. The number of piperidine rings is 1. The zero-order valence-corrected chi connectivity index (χ0v) is 25.5. The van der Waals surface area contributed by atoms with E-state index in [4.69, 9.17) is 14.2 Å². The van der Waals surface area contributed by atoms with Crippen molar-refractivity contribution in [3.63, 3.8) is 0 Å². The van der Waals surface area contributed by atoms with Gasteiger partial charge in [0.05, 0.1) is 23.6 Å². The van der Waals surface area contributed by atoms with E-state index in [-0.39, 0.29) is 48.2 Å². The Morgan fingerprint density at radius 3 is 2.26 bits per heavy atom. The predicted octanol–water partition coefficient (Wildman–Crippen LogP) is 6.10. The van der Waals surface area contributed by atoms with Gasteiger partial charge in [-0.15, -0.1) is 0 Å². The molecule has 1 aromatic heterocycles. The molecule has 1 aromatic carbocycles. The zero-order chi connectivity index (χ0) is 31.6. The fourth-order valence-electron chi connectivity index (χ4n) is 5.29. The van der Waals surface area contributed by atoms with Gasteiger partial charge in [0.25, 0.3) is 0 Å². The predicted molar refractivity (Wildman–Crippen MR) is 157 cm³/mol. The number of hydrogen-bond donors (Lipinski definition) is 1. The molecule has 0 bridgehead atoms. The second-order valence-electron chi connectivity index (χ2n) is 12.7. The number of ether oxygens (including phenoxy) is 3. The lowest BCUT2D eigenvalue weighted by Gasteiger charge is -2.47. The normalized spacial score (nSPS) is 21.3. The number of dihydropyridines is 1. The number of carbonyl (C=O) groups is 1. The molecule has 1 N–H and O–H groups in total. The van der Waals surface area contributed by atoms with Crippen molar-refractivity contribution in [2.24, 2.45) is 10.4 Å². The molecule has 1 saturated heterocycles. The molecule has 43 heavy (non-hydrogen) atoms. The van der Waals surface area contributed by atoms with Crippen LogP contribution in [-0.2, 0) is 9.53 Å². The van der Waals surface area contributed by atoms with Crippen molar-refractivity contribution < 1.29 is 37.3 Å². The number of carboxylic acid groups (broad SMARTS) is 1. The van der Waals surface area contributed by atoms with Crippen molar-refractivity contribution in [3.8, 4) is 11.6 Å². The van der Waals surface area contributed by atoms with Crippen LogP contribution >= 0.6 is 0 Å². The molecule has 2 aliphatic rings. The maximum Gasteiger partial charge on any atom is 0.337 e. The Bertz CT molecular complexity index is 1360. The Hall–Kier alpha value is -3.60. The summed E-state index contributed by atoms with van der Waals surface area (Å²) < 4.78 is 61.2. The lowest BCUT2D eigenvalue weighted by molar-refractivity contribution is -0.170. The summed E-state index contributed by atoms with van der Waals surface area (Å²) >= 11 is 0. The van der Waals surface area contributed by atoms with Gasteiger partial charge in [-0.1, -0.05) is 13.8 Å². The summed E-state index contributed by atoms with van der Waals surface area (Å²) in [6.07, 6.45) is 1.34. The number of halogens is 3. The topological polar surface area (TPSA) is 93.5 Å². The van der Waals surface area contributed by atoms with Crippen LogP contribution in [0.4, 0.5) is 13.2 Å². The molecule has 2 aromatic rings. The molecule has 0 spiro atoms. The van der Waals surface area contributed by atoms with Gasteiger partial charge >= 0.3 is 5.97 Å². The van der Waals surface area contributed by atoms with E-state index in [0.29, 0.717) is 24.2 Å². The Labute approximate surface area is 250 Å². The van der Waals surface area contributed by atoms with E-state index in [9.17, 15) is 18.7 Å². The molecule has 0 amide bonds. The molecule has 3 heterocycles. The van der Waals surface area contributed by atoms with Crippen molar-refractivity contribution in [3.05, 3.63) is 59.4 Å². The van der Waals surface area contributed by atoms with Crippen molar-refractivity contribution in [1.29, 1.82) is 0 Å². The first-order valence-electron chi connectivity index (χ1n) is 14.4. The third-order valence-electron chi connectivity index (χ3n) is 7.64. The SMILES string of the molecule is CC1=NCC(c2ccc(OCCOc3cc(F)cc(F)c3)nc2)=C(N2CCC(C)(C)CC2)C1(F)[C@@H](OC(C)(C)C)C(=O)O.